The average molecular weight is 284 g/mol. The maximum atomic E-state index is 12.1. The summed E-state index contributed by atoms with van der Waals surface area (Å²) in [7, 11) is 1.55. The van der Waals surface area contributed by atoms with Gasteiger partial charge in [-0.25, -0.2) is 0 Å². The maximum absolute atomic E-state index is 12.1. The van der Waals surface area contributed by atoms with E-state index in [1.807, 2.05) is 0 Å². The first-order chi connectivity index (χ1) is 10.0. The minimum atomic E-state index is -1.27. The van der Waals surface area contributed by atoms with Crippen molar-refractivity contribution in [2.45, 2.75) is 6.92 Å². The summed E-state index contributed by atoms with van der Waals surface area (Å²) >= 11 is 0. The summed E-state index contributed by atoms with van der Waals surface area (Å²) in [5.74, 6) is -0.939. The molecule has 1 N–H and O–H groups in total. The van der Waals surface area contributed by atoms with Crippen molar-refractivity contribution in [3.63, 3.8) is 0 Å². The second kappa shape index (κ2) is 6.09. The van der Waals surface area contributed by atoms with E-state index in [1.165, 1.54) is 6.07 Å². The molecule has 1 amide bonds. The third-order valence-electron chi connectivity index (χ3n) is 3.15. The first-order valence-corrected chi connectivity index (χ1v) is 6.29. The van der Waals surface area contributed by atoms with Gasteiger partial charge in [0, 0.05) is 16.8 Å². The Balaban J connectivity index is 2.23. The minimum Gasteiger partial charge on any atom is -0.545 e. The maximum Gasteiger partial charge on any atom is 0.255 e. The zero-order valence-electron chi connectivity index (χ0n) is 11.7. The standard InChI is InChI=1S/C16H15NO4/c1-10-13(16(19)20)4-3-5-14(10)17-15(18)11-6-8-12(21-2)9-7-11/h3-9H,1-2H3,(H,17,18)(H,19,20)/p-1. The van der Waals surface area contributed by atoms with Gasteiger partial charge in [-0.15, -0.1) is 0 Å². The zero-order chi connectivity index (χ0) is 15.4. The van der Waals surface area contributed by atoms with Crippen molar-refractivity contribution in [3.05, 3.63) is 59.2 Å². The quantitative estimate of drug-likeness (QED) is 0.925. The van der Waals surface area contributed by atoms with E-state index in [-0.39, 0.29) is 11.5 Å². The van der Waals surface area contributed by atoms with Crippen LogP contribution in [0, 0.1) is 6.92 Å². The average Bonchev–Trinajstić information content (AvgIpc) is 2.49. The summed E-state index contributed by atoms with van der Waals surface area (Å²) in [6.45, 7) is 1.62. The van der Waals surface area contributed by atoms with Crippen molar-refractivity contribution in [2.75, 3.05) is 12.4 Å². The fourth-order valence-electron chi connectivity index (χ4n) is 1.93. The number of aromatic carboxylic acids is 1. The molecule has 0 radical (unpaired) electrons. The normalized spacial score (nSPS) is 10.0. The predicted molar refractivity (Wildman–Crippen MR) is 76.5 cm³/mol. The van der Waals surface area contributed by atoms with Gasteiger partial charge in [-0.1, -0.05) is 12.1 Å². The van der Waals surface area contributed by atoms with Gasteiger partial charge < -0.3 is 20.0 Å². The number of nitrogens with one attached hydrogen (secondary N) is 1. The molecule has 0 saturated heterocycles. The molecule has 0 fully saturated rings. The van der Waals surface area contributed by atoms with Crippen LogP contribution in [0.4, 0.5) is 5.69 Å². The lowest BCUT2D eigenvalue weighted by Gasteiger charge is -2.13. The van der Waals surface area contributed by atoms with Crippen molar-refractivity contribution >= 4 is 17.6 Å². The fraction of sp³-hybridized carbons (Fsp3) is 0.125. The number of anilines is 1. The number of methoxy groups -OCH3 is 1. The van der Waals surface area contributed by atoms with Crippen molar-refractivity contribution in [1.82, 2.24) is 0 Å². The van der Waals surface area contributed by atoms with Crippen molar-refractivity contribution in [2.24, 2.45) is 0 Å². The number of carboxylic acid groups (broad SMARTS) is 1. The lowest BCUT2D eigenvalue weighted by molar-refractivity contribution is -0.255. The Labute approximate surface area is 122 Å². The van der Waals surface area contributed by atoms with Crippen LogP contribution < -0.4 is 15.2 Å². The Kier molecular flexibility index (Phi) is 4.23. The highest BCUT2D eigenvalue weighted by molar-refractivity contribution is 6.05. The number of hydrogen-bond acceptors (Lipinski definition) is 4. The van der Waals surface area contributed by atoms with Crippen molar-refractivity contribution < 1.29 is 19.4 Å². The number of hydrogen-bond donors (Lipinski definition) is 1. The molecule has 0 bridgehead atoms. The summed E-state index contributed by atoms with van der Waals surface area (Å²) < 4.78 is 5.02. The Morgan fingerprint density at radius 3 is 2.33 bits per heavy atom. The molecule has 0 saturated carbocycles. The van der Waals surface area contributed by atoms with E-state index >= 15 is 0 Å². The first kappa shape index (κ1) is 14.6. The van der Waals surface area contributed by atoms with E-state index in [0.717, 1.165) is 0 Å². The monoisotopic (exact) mass is 284 g/mol. The van der Waals surface area contributed by atoms with Crippen LogP contribution in [0.1, 0.15) is 26.3 Å². The summed E-state index contributed by atoms with van der Waals surface area (Å²) in [6.07, 6.45) is 0. The topological polar surface area (TPSA) is 78.5 Å². The van der Waals surface area contributed by atoms with Crippen LogP contribution in [-0.2, 0) is 0 Å². The summed E-state index contributed by atoms with van der Waals surface area (Å²) in [4.78, 5) is 23.1. The van der Waals surface area contributed by atoms with Gasteiger partial charge in [0.2, 0.25) is 0 Å². The highest BCUT2D eigenvalue weighted by atomic mass is 16.5. The molecule has 108 valence electrons. The molecular weight excluding hydrogens is 270 g/mol. The number of rotatable bonds is 4. The third kappa shape index (κ3) is 3.20. The van der Waals surface area contributed by atoms with E-state index in [0.29, 0.717) is 22.6 Å². The molecule has 0 aliphatic carbocycles. The van der Waals surface area contributed by atoms with E-state index in [2.05, 4.69) is 5.32 Å². The van der Waals surface area contributed by atoms with Gasteiger partial charge in [0.15, 0.2) is 0 Å². The molecule has 2 aromatic carbocycles. The van der Waals surface area contributed by atoms with Crippen LogP contribution in [0.5, 0.6) is 5.75 Å². The summed E-state index contributed by atoms with van der Waals surface area (Å²) in [5, 5.41) is 13.7. The van der Waals surface area contributed by atoms with Crippen LogP contribution in [0.15, 0.2) is 42.5 Å². The second-order valence-corrected chi connectivity index (χ2v) is 4.45. The van der Waals surface area contributed by atoms with Crippen LogP contribution in [-0.4, -0.2) is 19.0 Å². The van der Waals surface area contributed by atoms with Gasteiger partial charge in [-0.05, 0) is 42.8 Å². The van der Waals surface area contributed by atoms with Crippen molar-refractivity contribution in [3.8, 4) is 5.75 Å². The Morgan fingerprint density at radius 1 is 1.10 bits per heavy atom. The van der Waals surface area contributed by atoms with Gasteiger partial charge in [-0.2, -0.15) is 0 Å². The molecule has 5 nitrogen and oxygen atoms in total. The smallest absolute Gasteiger partial charge is 0.255 e. The molecule has 0 atom stereocenters. The van der Waals surface area contributed by atoms with Crippen LogP contribution in [0.3, 0.4) is 0 Å². The molecule has 0 heterocycles. The minimum absolute atomic E-state index is 0.0579. The number of benzene rings is 2. The van der Waals surface area contributed by atoms with E-state index in [9.17, 15) is 14.7 Å². The molecule has 0 aromatic heterocycles. The van der Waals surface area contributed by atoms with Crippen LogP contribution in [0.2, 0.25) is 0 Å². The summed E-state index contributed by atoms with van der Waals surface area (Å²) in [6, 6.07) is 11.3. The zero-order valence-corrected chi connectivity index (χ0v) is 11.7. The van der Waals surface area contributed by atoms with Crippen molar-refractivity contribution in [1.29, 1.82) is 0 Å². The van der Waals surface area contributed by atoms with Gasteiger partial charge in [0.1, 0.15) is 5.75 Å². The van der Waals surface area contributed by atoms with E-state index in [1.54, 1.807) is 50.4 Å². The Morgan fingerprint density at radius 2 is 1.76 bits per heavy atom. The number of amides is 1. The summed E-state index contributed by atoms with van der Waals surface area (Å²) in [5.41, 5.74) is 1.41. The first-order valence-electron chi connectivity index (χ1n) is 6.29. The molecule has 0 aliphatic heterocycles. The van der Waals surface area contributed by atoms with Gasteiger partial charge in [-0.3, -0.25) is 4.79 Å². The molecular formula is C16H14NO4-. The second-order valence-electron chi connectivity index (χ2n) is 4.45. The Hall–Kier alpha value is -2.82. The number of ether oxygens (including phenoxy) is 1. The SMILES string of the molecule is COc1ccc(C(=O)Nc2cccc(C(=O)[O-])c2C)cc1. The molecule has 21 heavy (non-hydrogen) atoms. The fourth-order valence-corrected chi connectivity index (χ4v) is 1.93. The van der Waals surface area contributed by atoms with Gasteiger partial charge in [0.05, 0.1) is 13.1 Å². The molecule has 2 rings (SSSR count). The lowest BCUT2D eigenvalue weighted by Crippen LogP contribution is -2.24. The molecule has 5 heteroatoms. The molecule has 0 aliphatic rings. The number of carbonyl (C=O) groups is 2. The Bertz CT molecular complexity index is 677. The van der Waals surface area contributed by atoms with Gasteiger partial charge in [0.25, 0.3) is 5.91 Å². The highest BCUT2D eigenvalue weighted by Gasteiger charge is 2.10. The number of carbonyl (C=O) groups excluding carboxylic acids is 2. The lowest BCUT2D eigenvalue weighted by atomic mass is 10.1. The largest absolute Gasteiger partial charge is 0.545 e. The van der Waals surface area contributed by atoms with E-state index < -0.39 is 5.97 Å². The molecule has 0 unspecified atom stereocenters. The predicted octanol–water partition coefficient (Wildman–Crippen LogP) is 1.62. The molecule has 0 spiro atoms. The molecule has 2 aromatic rings. The van der Waals surface area contributed by atoms with Crippen LogP contribution >= 0.6 is 0 Å². The van der Waals surface area contributed by atoms with E-state index in [4.69, 9.17) is 4.74 Å². The van der Waals surface area contributed by atoms with Gasteiger partial charge >= 0.3 is 0 Å². The third-order valence-corrected chi connectivity index (χ3v) is 3.15. The van der Waals surface area contributed by atoms with Crippen LogP contribution in [0.25, 0.3) is 0 Å². The number of carboxylic acids is 1. The highest BCUT2D eigenvalue weighted by Crippen LogP contribution is 2.20.